The van der Waals surface area contributed by atoms with Gasteiger partial charge >= 0.3 is 29.7 Å². The molecule has 2 amide bonds. The molecule has 33 heavy (non-hydrogen) atoms. The molecule has 2 heterocycles. The zero-order chi connectivity index (χ0) is 24.9. The highest BCUT2D eigenvalue weighted by Crippen LogP contribution is 2.31. The van der Waals surface area contributed by atoms with E-state index in [9.17, 15) is 24.0 Å². The number of amides is 2. The zero-order valence-electron chi connectivity index (χ0n) is 20.3. The highest BCUT2D eigenvalue weighted by Gasteiger charge is 2.55. The van der Waals surface area contributed by atoms with Gasteiger partial charge in [0.05, 0.1) is 6.04 Å². The maximum Gasteiger partial charge on any atom is 0.314 e. The summed E-state index contributed by atoms with van der Waals surface area (Å²) in [7, 11) is 0. The average Bonchev–Trinajstić information content (AvgIpc) is 2.95. The molecule has 10 heteroatoms. The Morgan fingerprint density at radius 1 is 0.879 bits per heavy atom. The number of carbonyl (C=O) groups excluding carboxylic acids is 5. The Morgan fingerprint density at radius 2 is 1.39 bits per heavy atom. The van der Waals surface area contributed by atoms with E-state index in [-0.39, 0.29) is 50.0 Å². The summed E-state index contributed by atoms with van der Waals surface area (Å²) in [6.07, 6.45) is -2.41. The molecule has 2 fully saturated rings. The van der Waals surface area contributed by atoms with Crippen LogP contribution in [0.2, 0.25) is 0 Å². The first-order valence-electron chi connectivity index (χ1n) is 11.6. The minimum atomic E-state index is -1.06. The van der Waals surface area contributed by atoms with Crippen molar-refractivity contribution < 1.29 is 38.2 Å². The van der Waals surface area contributed by atoms with Gasteiger partial charge in [-0.15, -0.1) is 0 Å². The van der Waals surface area contributed by atoms with Crippen LogP contribution in [-0.2, 0) is 38.2 Å². The lowest BCUT2D eigenvalue weighted by Crippen LogP contribution is -2.63. The van der Waals surface area contributed by atoms with Crippen LogP contribution >= 0.6 is 0 Å². The van der Waals surface area contributed by atoms with Crippen LogP contribution in [0.3, 0.4) is 0 Å². The van der Waals surface area contributed by atoms with Crippen LogP contribution in [-0.4, -0.2) is 65.6 Å². The van der Waals surface area contributed by atoms with Crippen molar-refractivity contribution in [2.75, 3.05) is 6.61 Å². The molecule has 2 saturated heterocycles. The van der Waals surface area contributed by atoms with Gasteiger partial charge in [-0.2, -0.15) is 0 Å². The van der Waals surface area contributed by atoms with E-state index < -0.39 is 54.1 Å². The predicted octanol–water partition coefficient (Wildman–Crippen LogP) is 1.55. The number of carbonyl (C=O) groups is 5. The fourth-order valence-electron chi connectivity index (χ4n) is 3.93. The Kier molecular flexibility index (Phi) is 9.25. The maximum absolute atomic E-state index is 12.6. The molecule has 4 atom stereocenters. The van der Waals surface area contributed by atoms with E-state index in [1.807, 2.05) is 41.5 Å². The summed E-state index contributed by atoms with van der Waals surface area (Å²) in [5.41, 5.74) is 0. The molecule has 1 N–H and O–H groups in total. The van der Waals surface area contributed by atoms with Gasteiger partial charge in [-0.1, -0.05) is 41.5 Å². The summed E-state index contributed by atoms with van der Waals surface area (Å²) >= 11 is 0. The molecular weight excluding hydrogens is 432 g/mol. The second kappa shape index (κ2) is 11.5. The van der Waals surface area contributed by atoms with Gasteiger partial charge in [-0.3, -0.25) is 24.0 Å². The fourth-order valence-corrected chi connectivity index (χ4v) is 3.93. The monoisotopic (exact) mass is 468 g/mol. The Bertz CT molecular complexity index is 764. The Hall–Kier alpha value is -2.65. The normalized spacial score (nSPS) is 24.7. The van der Waals surface area contributed by atoms with Crippen molar-refractivity contribution >= 4 is 29.7 Å². The smallest absolute Gasteiger partial charge is 0.314 e. The van der Waals surface area contributed by atoms with E-state index in [1.54, 1.807) is 0 Å². The lowest BCUT2D eigenvalue weighted by molar-refractivity contribution is -0.189. The number of fused-ring (bicyclic) bond motifs is 1. The van der Waals surface area contributed by atoms with Crippen LogP contribution in [0, 0.1) is 17.8 Å². The molecule has 0 bridgehead atoms. The summed E-state index contributed by atoms with van der Waals surface area (Å²) in [6, 6.07) is -0.713. The van der Waals surface area contributed by atoms with Gasteiger partial charge < -0.3 is 24.4 Å². The van der Waals surface area contributed by atoms with Crippen LogP contribution in [0.5, 0.6) is 0 Å². The minimum Gasteiger partial charge on any atom is -0.463 e. The third-order valence-corrected chi connectivity index (χ3v) is 5.29. The van der Waals surface area contributed by atoms with Crippen LogP contribution in [0.1, 0.15) is 67.2 Å². The van der Waals surface area contributed by atoms with Gasteiger partial charge in [0.25, 0.3) is 0 Å². The fraction of sp³-hybridized carbons (Fsp3) is 0.783. The van der Waals surface area contributed by atoms with Crippen LogP contribution in [0.4, 0.5) is 0 Å². The number of ether oxygens (including phenoxy) is 3. The van der Waals surface area contributed by atoms with E-state index in [0.717, 1.165) is 0 Å². The third-order valence-electron chi connectivity index (χ3n) is 5.29. The second-order valence-electron chi connectivity index (χ2n) is 9.98. The summed E-state index contributed by atoms with van der Waals surface area (Å²) in [4.78, 5) is 62.9. The lowest BCUT2D eigenvalue weighted by Gasteiger charge is -2.44. The number of piperidine rings is 1. The Labute approximate surface area is 194 Å². The van der Waals surface area contributed by atoms with Crippen molar-refractivity contribution in [2.24, 2.45) is 17.8 Å². The van der Waals surface area contributed by atoms with E-state index in [0.29, 0.717) is 0 Å². The highest BCUT2D eigenvalue weighted by atomic mass is 16.6. The molecule has 2 rings (SSSR count). The van der Waals surface area contributed by atoms with Crippen molar-refractivity contribution in [2.45, 2.75) is 91.6 Å². The molecular formula is C23H36N2O8. The molecule has 10 nitrogen and oxygen atoms in total. The SMILES string of the molecule is CC(C)CC(=O)OC[C@@H]1CC(OC(=O)CC(C)C)C(OC(=O)CC(C)C)C2NC(=O)C(=O)N21. The number of hydrogen-bond donors (Lipinski definition) is 1. The highest BCUT2D eigenvalue weighted by molar-refractivity contribution is 6.37. The quantitative estimate of drug-likeness (QED) is 0.291. The van der Waals surface area contributed by atoms with Gasteiger partial charge in [-0.05, 0) is 17.8 Å². The molecule has 0 aromatic heterocycles. The molecule has 0 aliphatic carbocycles. The van der Waals surface area contributed by atoms with Crippen molar-refractivity contribution in [3.8, 4) is 0 Å². The zero-order valence-corrected chi connectivity index (χ0v) is 20.3. The second-order valence-corrected chi connectivity index (χ2v) is 9.98. The summed E-state index contributed by atoms with van der Waals surface area (Å²) in [6.45, 7) is 11.1. The Balaban J connectivity index is 2.27. The van der Waals surface area contributed by atoms with Crippen LogP contribution in [0.15, 0.2) is 0 Å². The van der Waals surface area contributed by atoms with Gasteiger partial charge in [0, 0.05) is 25.7 Å². The average molecular weight is 469 g/mol. The van der Waals surface area contributed by atoms with Crippen LogP contribution < -0.4 is 5.32 Å². The molecule has 0 aromatic rings. The largest absolute Gasteiger partial charge is 0.463 e. The first-order valence-corrected chi connectivity index (χ1v) is 11.6. The number of rotatable bonds is 10. The molecule has 2 aliphatic rings. The molecule has 0 aromatic carbocycles. The van der Waals surface area contributed by atoms with Gasteiger partial charge in [-0.25, -0.2) is 0 Å². The molecule has 0 saturated carbocycles. The van der Waals surface area contributed by atoms with Crippen molar-refractivity contribution in [3.05, 3.63) is 0 Å². The minimum absolute atomic E-state index is 0.0343. The van der Waals surface area contributed by atoms with E-state index in [4.69, 9.17) is 14.2 Å². The van der Waals surface area contributed by atoms with Gasteiger partial charge in [0.2, 0.25) is 0 Å². The summed E-state index contributed by atoms with van der Waals surface area (Å²) in [5.74, 6) is -2.88. The standard InChI is InChI=1S/C23H36N2O8/c1-12(2)7-17(26)31-11-15-10-16(32-18(27)8-13(3)4)20(33-19(28)9-14(5)6)21-24-22(29)23(30)25(15)21/h12-16,20-21H,7-11H2,1-6H3,(H,24,29)/t15-,16?,20?,21?/m0/s1. The predicted molar refractivity (Wildman–Crippen MR) is 116 cm³/mol. The number of hydrogen-bond acceptors (Lipinski definition) is 8. The first kappa shape index (κ1) is 26.6. The number of nitrogens with zero attached hydrogens (tertiary/aromatic N) is 1. The van der Waals surface area contributed by atoms with Crippen molar-refractivity contribution in [1.29, 1.82) is 0 Å². The molecule has 0 radical (unpaired) electrons. The number of esters is 3. The van der Waals surface area contributed by atoms with E-state index in [1.165, 1.54) is 4.90 Å². The van der Waals surface area contributed by atoms with E-state index >= 15 is 0 Å². The van der Waals surface area contributed by atoms with Gasteiger partial charge in [0.15, 0.2) is 6.10 Å². The van der Waals surface area contributed by atoms with Crippen molar-refractivity contribution in [3.63, 3.8) is 0 Å². The topological polar surface area (TPSA) is 128 Å². The summed E-state index contributed by atoms with van der Waals surface area (Å²) < 4.78 is 16.6. The summed E-state index contributed by atoms with van der Waals surface area (Å²) in [5, 5.41) is 2.54. The van der Waals surface area contributed by atoms with Gasteiger partial charge in [0.1, 0.15) is 18.9 Å². The molecule has 2 aliphatic heterocycles. The lowest BCUT2D eigenvalue weighted by atomic mass is 9.94. The van der Waals surface area contributed by atoms with E-state index in [2.05, 4.69) is 5.32 Å². The Morgan fingerprint density at radius 3 is 1.94 bits per heavy atom. The maximum atomic E-state index is 12.6. The third kappa shape index (κ3) is 7.43. The first-order chi connectivity index (χ1) is 15.4. The number of nitrogens with one attached hydrogen (secondary N) is 1. The molecule has 186 valence electrons. The van der Waals surface area contributed by atoms with Crippen LogP contribution in [0.25, 0.3) is 0 Å². The molecule has 0 spiro atoms. The molecule has 3 unspecified atom stereocenters. The van der Waals surface area contributed by atoms with Crippen molar-refractivity contribution in [1.82, 2.24) is 10.2 Å².